The first kappa shape index (κ1) is 26.3. The van der Waals surface area contributed by atoms with Gasteiger partial charge in [-0.25, -0.2) is 9.78 Å². The molecule has 0 amide bonds. The Labute approximate surface area is 222 Å². The second-order valence-corrected chi connectivity index (χ2v) is 9.94. The predicted octanol–water partition coefficient (Wildman–Crippen LogP) is 3.47. The molecule has 1 aromatic carbocycles. The van der Waals surface area contributed by atoms with Gasteiger partial charge < -0.3 is 19.5 Å². The third-order valence-corrected chi connectivity index (χ3v) is 8.31. The molecule has 0 fully saturated rings. The highest BCUT2D eigenvalue weighted by Gasteiger charge is 2.46. The van der Waals surface area contributed by atoms with Crippen LogP contribution in [-0.4, -0.2) is 61.7 Å². The standard InChI is InChI=1S/C29H36N4O5/c1-6-29(37)19-14-21-25-17(15-33(21)27(35)18(19)16-38-28(29)36)23(24-20(30-25)12-11-13-22(24)34)26(31(7-2)8-3)32(9-4)10-5/h11-14,26,34,37H,6-10,15-16H2,1-5H3/t29-/m0/s1. The van der Waals surface area contributed by atoms with Gasteiger partial charge in [-0.15, -0.1) is 0 Å². The number of phenolic OH excluding ortho intramolecular Hbond substituents is 1. The molecule has 0 bridgehead atoms. The number of cyclic esters (lactones) is 1. The van der Waals surface area contributed by atoms with Gasteiger partial charge in [-0.05, 0) is 50.8 Å². The molecule has 4 heterocycles. The van der Waals surface area contributed by atoms with Crippen molar-refractivity contribution in [1.29, 1.82) is 0 Å². The molecule has 2 aliphatic rings. The van der Waals surface area contributed by atoms with E-state index in [9.17, 15) is 19.8 Å². The predicted molar refractivity (Wildman–Crippen MR) is 145 cm³/mol. The summed E-state index contributed by atoms with van der Waals surface area (Å²) in [4.78, 5) is 36.0. The van der Waals surface area contributed by atoms with Crippen molar-refractivity contribution >= 4 is 16.9 Å². The summed E-state index contributed by atoms with van der Waals surface area (Å²) < 4.78 is 6.89. The van der Waals surface area contributed by atoms with Gasteiger partial charge in [0, 0.05) is 22.1 Å². The van der Waals surface area contributed by atoms with E-state index in [2.05, 4.69) is 37.5 Å². The summed E-state index contributed by atoms with van der Waals surface area (Å²) in [6, 6.07) is 7.06. The number of carbonyl (C=O) groups excluding carboxylic acids is 1. The maximum absolute atomic E-state index is 13.8. The van der Waals surface area contributed by atoms with Crippen LogP contribution < -0.4 is 5.56 Å². The molecule has 0 spiro atoms. The number of aromatic nitrogens is 2. The summed E-state index contributed by atoms with van der Waals surface area (Å²) in [6.07, 6.45) is -0.0603. The van der Waals surface area contributed by atoms with E-state index in [0.29, 0.717) is 33.4 Å². The molecule has 9 nitrogen and oxygen atoms in total. The van der Waals surface area contributed by atoms with Gasteiger partial charge >= 0.3 is 5.97 Å². The minimum Gasteiger partial charge on any atom is -0.507 e. The third-order valence-electron chi connectivity index (χ3n) is 8.31. The van der Waals surface area contributed by atoms with E-state index in [1.165, 1.54) is 0 Å². The van der Waals surface area contributed by atoms with Gasteiger partial charge in [-0.2, -0.15) is 0 Å². The average Bonchev–Trinajstić information content (AvgIpc) is 3.29. The van der Waals surface area contributed by atoms with Gasteiger partial charge in [-0.1, -0.05) is 40.7 Å². The number of esters is 1. The number of aliphatic hydroxyl groups is 1. The van der Waals surface area contributed by atoms with E-state index in [0.717, 1.165) is 37.3 Å². The number of nitrogens with zero attached hydrogens (tertiary/aromatic N) is 4. The lowest BCUT2D eigenvalue weighted by Gasteiger charge is -2.39. The fourth-order valence-electron chi connectivity index (χ4n) is 6.17. The largest absolute Gasteiger partial charge is 0.507 e. The number of pyridine rings is 2. The Bertz CT molecular complexity index is 1460. The molecule has 3 aromatic rings. The Morgan fingerprint density at radius 3 is 2.32 bits per heavy atom. The van der Waals surface area contributed by atoms with Crippen molar-refractivity contribution in [2.45, 2.75) is 66.0 Å². The number of hydrogen-bond acceptors (Lipinski definition) is 8. The van der Waals surface area contributed by atoms with Crippen LogP contribution in [0, 0.1) is 0 Å². The van der Waals surface area contributed by atoms with Crippen LogP contribution >= 0.6 is 0 Å². The van der Waals surface area contributed by atoms with Crippen molar-refractivity contribution < 1.29 is 19.7 Å². The lowest BCUT2D eigenvalue weighted by molar-refractivity contribution is -0.172. The Kier molecular flexibility index (Phi) is 6.79. The molecule has 38 heavy (non-hydrogen) atoms. The number of aromatic hydroxyl groups is 1. The molecule has 5 rings (SSSR count). The van der Waals surface area contributed by atoms with Crippen molar-refractivity contribution in [2.24, 2.45) is 0 Å². The van der Waals surface area contributed by atoms with Crippen molar-refractivity contribution in [1.82, 2.24) is 19.4 Å². The van der Waals surface area contributed by atoms with E-state index in [4.69, 9.17) is 9.72 Å². The Morgan fingerprint density at radius 2 is 1.71 bits per heavy atom. The molecule has 2 aliphatic heterocycles. The highest BCUT2D eigenvalue weighted by Crippen LogP contribution is 2.45. The molecule has 0 saturated carbocycles. The summed E-state index contributed by atoms with van der Waals surface area (Å²) in [5.74, 6) is -0.589. The van der Waals surface area contributed by atoms with Crippen molar-refractivity contribution in [2.75, 3.05) is 26.2 Å². The zero-order valence-electron chi connectivity index (χ0n) is 22.7. The summed E-state index contributed by atoms with van der Waals surface area (Å²) >= 11 is 0. The molecule has 0 aliphatic carbocycles. The molecule has 2 N–H and O–H groups in total. The monoisotopic (exact) mass is 520 g/mol. The van der Waals surface area contributed by atoms with Crippen LogP contribution in [0.15, 0.2) is 29.1 Å². The summed E-state index contributed by atoms with van der Waals surface area (Å²) in [7, 11) is 0. The smallest absolute Gasteiger partial charge is 0.343 e. The number of rotatable bonds is 8. The summed E-state index contributed by atoms with van der Waals surface area (Å²) in [5, 5.41) is 23.1. The SMILES string of the molecule is CCN(CC)C(c1c2c(nc3cccc(O)c13)-c1cc3c(c(=O)n1C2)COC(=O)[C@]3(O)CC)N(CC)CC. The maximum Gasteiger partial charge on any atom is 0.343 e. The number of benzene rings is 1. The van der Waals surface area contributed by atoms with Gasteiger partial charge in [-0.3, -0.25) is 14.6 Å². The molecular weight excluding hydrogens is 484 g/mol. The zero-order valence-corrected chi connectivity index (χ0v) is 22.7. The van der Waals surface area contributed by atoms with Crippen LogP contribution in [0.3, 0.4) is 0 Å². The molecular formula is C29H36N4O5. The van der Waals surface area contributed by atoms with Gasteiger partial charge in [0.15, 0.2) is 5.60 Å². The first-order valence-electron chi connectivity index (χ1n) is 13.5. The van der Waals surface area contributed by atoms with Gasteiger partial charge in [0.05, 0.1) is 35.2 Å². The Balaban J connectivity index is 1.87. The number of phenols is 1. The lowest BCUT2D eigenvalue weighted by atomic mass is 9.86. The zero-order chi connectivity index (χ0) is 27.4. The van der Waals surface area contributed by atoms with Crippen LogP contribution in [0.2, 0.25) is 0 Å². The molecule has 0 unspecified atom stereocenters. The van der Waals surface area contributed by atoms with E-state index in [1.807, 2.05) is 6.07 Å². The average molecular weight is 521 g/mol. The molecule has 0 radical (unpaired) electrons. The quantitative estimate of drug-likeness (QED) is 0.269. The third kappa shape index (κ3) is 3.67. The van der Waals surface area contributed by atoms with Crippen LogP contribution in [0.5, 0.6) is 5.75 Å². The normalized spacial score (nSPS) is 18.3. The highest BCUT2D eigenvalue weighted by molar-refractivity contribution is 5.93. The van der Waals surface area contributed by atoms with Crippen molar-refractivity contribution in [3.05, 3.63) is 56.9 Å². The molecule has 2 aromatic heterocycles. The van der Waals surface area contributed by atoms with Crippen LogP contribution in [0.25, 0.3) is 22.3 Å². The van der Waals surface area contributed by atoms with Gasteiger partial charge in [0.2, 0.25) is 0 Å². The van der Waals surface area contributed by atoms with Gasteiger partial charge in [0.1, 0.15) is 12.4 Å². The molecule has 9 heteroatoms. The molecule has 0 saturated heterocycles. The number of ether oxygens (including phenoxy) is 1. The molecule has 202 valence electrons. The lowest BCUT2D eigenvalue weighted by Crippen LogP contribution is -2.44. The van der Waals surface area contributed by atoms with Crippen LogP contribution in [-0.2, 0) is 28.3 Å². The summed E-state index contributed by atoms with van der Waals surface area (Å²) in [6.45, 7) is 13.5. The first-order chi connectivity index (χ1) is 18.2. The van der Waals surface area contributed by atoms with E-state index >= 15 is 0 Å². The van der Waals surface area contributed by atoms with Crippen LogP contribution in [0.1, 0.15) is 69.5 Å². The summed E-state index contributed by atoms with van der Waals surface area (Å²) in [5.41, 5.74) is 2.06. The van der Waals surface area contributed by atoms with Crippen molar-refractivity contribution in [3.8, 4) is 17.1 Å². The second kappa shape index (κ2) is 9.80. The first-order valence-corrected chi connectivity index (χ1v) is 13.5. The van der Waals surface area contributed by atoms with E-state index < -0.39 is 11.6 Å². The van der Waals surface area contributed by atoms with Crippen LogP contribution in [0.4, 0.5) is 0 Å². The Morgan fingerprint density at radius 1 is 1.05 bits per heavy atom. The maximum atomic E-state index is 13.8. The minimum absolute atomic E-state index is 0.0881. The minimum atomic E-state index is -1.88. The topological polar surface area (TPSA) is 108 Å². The Hall–Kier alpha value is -3.27. The number of hydrogen-bond donors (Lipinski definition) is 2. The number of carbonyl (C=O) groups is 1. The fraction of sp³-hybridized carbons (Fsp3) is 0.483. The van der Waals surface area contributed by atoms with E-state index in [1.54, 1.807) is 29.7 Å². The highest BCUT2D eigenvalue weighted by atomic mass is 16.6. The van der Waals surface area contributed by atoms with E-state index in [-0.39, 0.29) is 37.0 Å². The fourth-order valence-corrected chi connectivity index (χ4v) is 6.17. The van der Waals surface area contributed by atoms with Gasteiger partial charge in [0.25, 0.3) is 5.56 Å². The molecule has 1 atom stereocenters. The number of fused-ring (bicyclic) bond motifs is 5. The van der Waals surface area contributed by atoms with Crippen molar-refractivity contribution in [3.63, 3.8) is 0 Å². The second-order valence-electron chi connectivity index (χ2n) is 9.94.